The number of alkyl halides is 2. The first kappa shape index (κ1) is 9.69. The third-order valence-electron chi connectivity index (χ3n) is 1.55. The van der Waals surface area contributed by atoms with Gasteiger partial charge in [-0.3, -0.25) is 10.1 Å². The van der Waals surface area contributed by atoms with Crippen molar-refractivity contribution >= 4 is 0 Å². The van der Waals surface area contributed by atoms with Gasteiger partial charge in [-0.15, -0.1) is 0 Å². The summed E-state index contributed by atoms with van der Waals surface area (Å²) < 4.78 is 50.1. The molecule has 13 heavy (non-hydrogen) atoms. The Hall–Kier alpha value is -1.40. The lowest BCUT2D eigenvalue weighted by Crippen LogP contribution is -2.43. The lowest BCUT2D eigenvalue weighted by molar-refractivity contribution is -0.598. The van der Waals surface area contributed by atoms with Crippen molar-refractivity contribution in [3.05, 3.63) is 33.9 Å². The number of halogens is 4. The normalized spacial score (nSPS) is 33.7. The highest BCUT2D eigenvalue weighted by molar-refractivity contribution is 5.28. The molecule has 0 aromatic heterocycles. The summed E-state index contributed by atoms with van der Waals surface area (Å²) in [5.74, 6) is -7.44. The average molecular weight is 197 g/mol. The number of rotatable bonds is 1. The van der Waals surface area contributed by atoms with E-state index >= 15 is 0 Å². The Bertz CT molecular complexity index is 314. The van der Waals surface area contributed by atoms with Gasteiger partial charge in [0.2, 0.25) is 0 Å². The molecule has 0 bridgehead atoms. The van der Waals surface area contributed by atoms with Gasteiger partial charge in [0, 0.05) is 6.08 Å². The second-order valence-corrected chi connectivity index (χ2v) is 2.38. The Morgan fingerprint density at radius 3 is 2.54 bits per heavy atom. The number of hydrogen-bond donors (Lipinski definition) is 0. The molecule has 0 aliphatic heterocycles. The minimum atomic E-state index is -3.71. The lowest BCUT2D eigenvalue weighted by Gasteiger charge is -2.18. The van der Waals surface area contributed by atoms with Gasteiger partial charge >= 0.3 is 5.79 Å². The molecule has 3 nitrogen and oxygen atoms in total. The highest BCUT2D eigenvalue weighted by atomic mass is 19.2. The molecule has 7 heteroatoms. The van der Waals surface area contributed by atoms with E-state index in [4.69, 9.17) is 0 Å². The van der Waals surface area contributed by atoms with E-state index in [9.17, 15) is 27.7 Å². The minimum absolute atomic E-state index is 0.0378. The molecule has 0 N–H and O–H groups in total. The Morgan fingerprint density at radius 2 is 2.08 bits per heavy atom. The molecular weight excluding hydrogens is 194 g/mol. The van der Waals surface area contributed by atoms with Crippen LogP contribution in [0.5, 0.6) is 0 Å². The third kappa shape index (κ3) is 1.30. The number of hydrogen-bond acceptors (Lipinski definition) is 2. The third-order valence-corrected chi connectivity index (χ3v) is 1.55. The van der Waals surface area contributed by atoms with Crippen LogP contribution in [0.1, 0.15) is 0 Å². The largest absolute Gasteiger partial charge is 0.415 e. The van der Waals surface area contributed by atoms with Gasteiger partial charge in [-0.2, -0.15) is 4.39 Å². The van der Waals surface area contributed by atoms with Gasteiger partial charge in [0.05, 0.1) is 4.92 Å². The Labute approximate surface area is 69.5 Å². The van der Waals surface area contributed by atoms with Crippen LogP contribution >= 0.6 is 0 Å². The molecule has 0 heterocycles. The molecule has 0 aromatic rings. The van der Waals surface area contributed by atoms with Gasteiger partial charge in [-0.1, -0.05) is 0 Å². The number of nitro groups is 1. The van der Waals surface area contributed by atoms with Crippen molar-refractivity contribution in [2.75, 3.05) is 0 Å². The summed E-state index contributed by atoms with van der Waals surface area (Å²) in [6.07, 6.45) is -3.00. The van der Waals surface area contributed by atoms with Crippen molar-refractivity contribution in [1.29, 1.82) is 0 Å². The number of nitrogens with zero attached hydrogens (tertiary/aromatic N) is 1. The first-order chi connectivity index (χ1) is 5.89. The van der Waals surface area contributed by atoms with Crippen LogP contribution in [0.3, 0.4) is 0 Å². The van der Waals surface area contributed by atoms with E-state index in [2.05, 4.69) is 0 Å². The zero-order valence-electron chi connectivity index (χ0n) is 6.01. The smallest absolute Gasteiger partial charge is 0.261 e. The molecule has 2 unspecified atom stereocenters. The molecule has 1 aliphatic rings. The van der Waals surface area contributed by atoms with Crippen molar-refractivity contribution in [2.24, 2.45) is 0 Å². The zero-order valence-corrected chi connectivity index (χ0v) is 6.01. The molecule has 0 radical (unpaired) electrons. The van der Waals surface area contributed by atoms with Crippen LogP contribution in [0.4, 0.5) is 17.6 Å². The molecule has 2 atom stereocenters. The highest BCUT2D eigenvalue weighted by Gasteiger charge is 2.55. The minimum Gasteiger partial charge on any atom is -0.261 e. The first-order valence-corrected chi connectivity index (χ1v) is 3.11. The number of allylic oxidation sites excluding steroid dienone is 2. The van der Waals surface area contributed by atoms with Crippen LogP contribution in [0, 0.1) is 10.1 Å². The quantitative estimate of drug-likeness (QED) is 0.279. The lowest BCUT2D eigenvalue weighted by atomic mass is 10.0. The topological polar surface area (TPSA) is 43.1 Å². The average Bonchev–Trinajstić information content (AvgIpc) is 2.08. The summed E-state index contributed by atoms with van der Waals surface area (Å²) >= 11 is 0. The van der Waals surface area contributed by atoms with Crippen LogP contribution in [0.15, 0.2) is 23.8 Å². The van der Waals surface area contributed by atoms with E-state index in [1.54, 1.807) is 0 Å². The molecule has 1 aliphatic carbocycles. The predicted octanol–water partition coefficient (Wildman–Crippen LogP) is 1.99. The molecule has 0 spiro atoms. The van der Waals surface area contributed by atoms with E-state index in [1.807, 2.05) is 0 Å². The Kier molecular flexibility index (Phi) is 2.10. The van der Waals surface area contributed by atoms with E-state index in [-0.39, 0.29) is 12.2 Å². The maximum Gasteiger partial charge on any atom is 0.415 e. The molecule has 0 aromatic carbocycles. The Balaban J connectivity index is 3.12. The molecule has 0 saturated carbocycles. The zero-order chi connectivity index (χ0) is 10.2. The van der Waals surface area contributed by atoms with Crippen molar-refractivity contribution in [3.63, 3.8) is 0 Å². The second-order valence-electron chi connectivity index (χ2n) is 2.38. The summed E-state index contributed by atoms with van der Waals surface area (Å²) in [6, 6.07) is 0. The van der Waals surface area contributed by atoms with Crippen LogP contribution in [-0.4, -0.2) is 16.9 Å². The molecule has 1 rings (SSSR count). The molecule has 72 valence electrons. The molecule has 0 amide bonds. The monoisotopic (exact) mass is 197 g/mol. The molecular formula is C6H3F4NO2. The molecule has 0 fully saturated rings. The van der Waals surface area contributed by atoms with Crippen molar-refractivity contribution in [2.45, 2.75) is 12.0 Å². The van der Waals surface area contributed by atoms with E-state index < -0.39 is 28.5 Å². The first-order valence-electron chi connectivity index (χ1n) is 3.11. The fourth-order valence-electron chi connectivity index (χ4n) is 0.806. The van der Waals surface area contributed by atoms with Gasteiger partial charge in [-0.25, -0.2) is 13.2 Å². The summed E-state index contributed by atoms with van der Waals surface area (Å²) in [7, 11) is 0. The van der Waals surface area contributed by atoms with E-state index in [0.717, 1.165) is 0 Å². The van der Waals surface area contributed by atoms with Gasteiger partial charge < -0.3 is 0 Å². The Morgan fingerprint density at radius 1 is 1.54 bits per heavy atom. The highest BCUT2D eigenvalue weighted by Crippen LogP contribution is 2.34. The predicted molar refractivity (Wildman–Crippen MR) is 34.1 cm³/mol. The van der Waals surface area contributed by atoms with Crippen LogP contribution < -0.4 is 0 Å². The summed E-state index contributed by atoms with van der Waals surface area (Å²) in [5.41, 5.74) is 0. The second kappa shape index (κ2) is 2.82. The van der Waals surface area contributed by atoms with E-state index in [0.29, 0.717) is 0 Å². The fourth-order valence-corrected chi connectivity index (χ4v) is 0.806. The van der Waals surface area contributed by atoms with Crippen molar-refractivity contribution < 1.29 is 22.5 Å². The van der Waals surface area contributed by atoms with E-state index in [1.165, 1.54) is 0 Å². The van der Waals surface area contributed by atoms with Crippen molar-refractivity contribution in [1.82, 2.24) is 0 Å². The van der Waals surface area contributed by atoms with Gasteiger partial charge in [0.25, 0.3) is 6.17 Å². The summed E-state index contributed by atoms with van der Waals surface area (Å²) in [6.45, 7) is 0. The van der Waals surface area contributed by atoms with Crippen LogP contribution in [0.25, 0.3) is 0 Å². The summed E-state index contributed by atoms with van der Waals surface area (Å²) in [4.78, 5) is 8.31. The fraction of sp³-hybridized carbons (Fsp3) is 0.333. The van der Waals surface area contributed by atoms with Crippen molar-refractivity contribution in [3.8, 4) is 0 Å². The maximum absolute atomic E-state index is 12.9. The summed E-state index contributed by atoms with van der Waals surface area (Å²) in [5, 5.41) is 9.97. The van der Waals surface area contributed by atoms with Gasteiger partial charge in [0.1, 0.15) is 0 Å². The molecule has 0 saturated heterocycles. The van der Waals surface area contributed by atoms with Gasteiger partial charge in [0.15, 0.2) is 11.7 Å². The van der Waals surface area contributed by atoms with Gasteiger partial charge in [-0.05, 0) is 6.08 Å². The SMILES string of the molecule is O=[N+]([O-])C1(F)C=CC(F)=C(F)C1F. The standard InChI is InChI=1S/C6H3F4NO2/c7-3-1-2-6(10,11(12)13)5(9)4(3)8/h1-2,5H. The van der Waals surface area contributed by atoms with Crippen LogP contribution in [0.2, 0.25) is 0 Å². The van der Waals surface area contributed by atoms with Crippen LogP contribution in [-0.2, 0) is 0 Å². The maximum atomic E-state index is 12.9.